The van der Waals surface area contributed by atoms with Gasteiger partial charge >= 0.3 is 0 Å². The minimum atomic E-state index is -0.292. The van der Waals surface area contributed by atoms with E-state index >= 15 is 0 Å². The summed E-state index contributed by atoms with van der Waals surface area (Å²) in [4.78, 5) is 32.9. The molecule has 2 heterocycles. The fourth-order valence-electron chi connectivity index (χ4n) is 5.34. The molecule has 7 heteroatoms. The number of carbonyl (C=O) groups excluding carboxylic acids is 2. The normalized spacial score (nSPS) is 18.2. The molecule has 2 aliphatic rings. The lowest BCUT2D eigenvalue weighted by Crippen LogP contribution is -2.53. The van der Waals surface area contributed by atoms with Gasteiger partial charge in [0.15, 0.2) is 0 Å². The van der Waals surface area contributed by atoms with Crippen molar-refractivity contribution in [1.29, 1.82) is 5.26 Å². The Hall–Kier alpha value is -4.15. The first-order valence-corrected chi connectivity index (χ1v) is 14.8. The summed E-state index contributed by atoms with van der Waals surface area (Å²) in [5.74, 6) is 0.00346. The first-order valence-electron chi connectivity index (χ1n) is 14.8. The molecule has 0 aromatic heterocycles. The molecular weight excluding hydrogens is 510 g/mol. The predicted molar refractivity (Wildman–Crippen MR) is 166 cm³/mol. The van der Waals surface area contributed by atoms with Crippen molar-refractivity contribution in [2.45, 2.75) is 52.7 Å². The SMILES string of the molecule is CC.CC.N#Cc1ccccc1N1CCN(C(=O)C2CC(NC(=O)c3ccccc3)CN2Cc2ccccc2)CC1. The molecule has 2 amide bonds. The first kappa shape index (κ1) is 31.4. The number of rotatable bonds is 6. The molecule has 2 fully saturated rings. The van der Waals surface area contributed by atoms with E-state index in [0.717, 1.165) is 11.3 Å². The Kier molecular flexibility index (Phi) is 12.4. The van der Waals surface area contributed by atoms with Crippen molar-refractivity contribution in [2.75, 3.05) is 37.6 Å². The van der Waals surface area contributed by atoms with E-state index in [9.17, 15) is 14.9 Å². The molecule has 0 saturated carbocycles. The number of anilines is 1. The highest BCUT2D eigenvalue weighted by molar-refractivity contribution is 5.94. The summed E-state index contributed by atoms with van der Waals surface area (Å²) < 4.78 is 0. The van der Waals surface area contributed by atoms with Crippen molar-refractivity contribution in [3.05, 3.63) is 102 Å². The van der Waals surface area contributed by atoms with Gasteiger partial charge in [-0.15, -0.1) is 0 Å². The fourth-order valence-corrected chi connectivity index (χ4v) is 5.34. The molecular formula is C34H43N5O2. The van der Waals surface area contributed by atoms with E-state index < -0.39 is 0 Å². The van der Waals surface area contributed by atoms with Crippen molar-refractivity contribution >= 4 is 17.5 Å². The van der Waals surface area contributed by atoms with E-state index in [2.05, 4.69) is 33.3 Å². The van der Waals surface area contributed by atoms with Crippen LogP contribution in [0.25, 0.3) is 0 Å². The Balaban J connectivity index is 0.00000111. The van der Waals surface area contributed by atoms with Gasteiger partial charge < -0.3 is 15.1 Å². The summed E-state index contributed by atoms with van der Waals surface area (Å²) in [5.41, 5.74) is 3.35. The number of benzene rings is 3. The molecule has 2 atom stereocenters. The lowest BCUT2D eigenvalue weighted by molar-refractivity contribution is -0.136. The van der Waals surface area contributed by atoms with Crippen molar-refractivity contribution in [3.63, 3.8) is 0 Å². The molecule has 2 unspecified atom stereocenters. The van der Waals surface area contributed by atoms with Gasteiger partial charge in [0.2, 0.25) is 5.91 Å². The van der Waals surface area contributed by atoms with Gasteiger partial charge in [-0.1, -0.05) is 88.4 Å². The summed E-state index contributed by atoms with van der Waals surface area (Å²) >= 11 is 0. The molecule has 5 rings (SSSR count). The molecule has 2 saturated heterocycles. The van der Waals surface area contributed by atoms with Crippen molar-refractivity contribution < 1.29 is 9.59 Å². The Morgan fingerprint density at radius 3 is 2.05 bits per heavy atom. The number of hydrogen-bond acceptors (Lipinski definition) is 5. The Morgan fingerprint density at radius 2 is 1.41 bits per heavy atom. The monoisotopic (exact) mass is 553 g/mol. The van der Waals surface area contributed by atoms with E-state index in [1.807, 2.05) is 93.3 Å². The highest BCUT2D eigenvalue weighted by Crippen LogP contribution is 2.25. The second kappa shape index (κ2) is 16.2. The highest BCUT2D eigenvalue weighted by atomic mass is 16.2. The van der Waals surface area contributed by atoms with E-state index in [4.69, 9.17) is 0 Å². The van der Waals surface area contributed by atoms with Crippen LogP contribution in [0.2, 0.25) is 0 Å². The van der Waals surface area contributed by atoms with Crippen LogP contribution in [-0.2, 0) is 11.3 Å². The van der Waals surface area contributed by atoms with Crippen molar-refractivity contribution in [3.8, 4) is 6.07 Å². The molecule has 0 aliphatic carbocycles. The van der Waals surface area contributed by atoms with Gasteiger partial charge in [0, 0.05) is 50.9 Å². The van der Waals surface area contributed by atoms with Gasteiger partial charge in [-0.3, -0.25) is 14.5 Å². The number of nitrogens with zero attached hydrogens (tertiary/aromatic N) is 4. The van der Waals surface area contributed by atoms with Crippen LogP contribution in [0.3, 0.4) is 0 Å². The Morgan fingerprint density at radius 1 is 0.829 bits per heavy atom. The molecule has 2 aliphatic heterocycles. The van der Waals surface area contributed by atoms with E-state index in [0.29, 0.717) is 56.8 Å². The maximum atomic E-state index is 13.8. The lowest BCUT2D eigenvalue weighted by atomic mass is 10.1. The third-order valence-electron chi connectivity index (χ3n) is 7.24. The van der Waals surface area contributed by atoms with Crippen LogP contribution in [0.15, 0.2) is 84.9 Å². The van der Waals surface area contributed by atoms with Crippen LogP contribution in [-0.4, -0.2) is 66.4 Å². The standard InChI is InChI=1S/C30H31N5O2.2C2H6/c31-20-25-13-7-8-14-27(25)33-15-17-34(18-16-33)30(37)28-19-26(32-29(36)24-11-5-2-6-12-24)22-35(28)21-23-9-3-1-4-10-23;2*1-2/h1-14,26,28H,15-19,21-22H2,(H,32,36);2*1-2H3. The number of piperazine rings is 1. The van der Waals surface area contributed by atoms with Crippen molar-refractivity contribution in [1.82, 2.24) is 15.1 Å². The lowest BCUT2D eigenvalue weighted by Gasteiger charge is -2.38. The first-order chi connectivity index (χ1) is 20.1. The minimum Gasteiger partial charge on any atom is -0.367 e. The third-order valence-corrected chi connectivity index (χ3v) is 7.24. The molecule has 1 N–H and O–H groups in total. The van der Waals surface area contributed by atoms with Crippen LogP contribution >= 0.6 is 0 Å². The average molecular weight is 554 g/mol. The quantitative estimate of drug-likeness (QED) is 0.446. The molecule has 0 bridgehead atoms. The van der Waals surface area contributed by atoms with E-state index in [-0.39, 0.29) is 23.9 Å². The van der Waals surface area contributed by atoms with Crippen molar-refractivity contribution in [2.24, 2.45) is 0 Å². The molecule has 7 nitrogen and oxygen atoms in total. The highest BCUT2D eigenvalue weighted by Gasteiger charge is 2.40. The van der Waals surface area contributed by atoms with Gasteiger partial charge in [-0.05, 0) is 36.2 Å². The second-order valence-electron chi connectivity index (χ2n) is 9.64. The number of amides is 2. The fraction of sp³-hybridized carbons (Fsp3) is 0.382. The number of nitrogens with one attached hydrogen (secondary N) is 1. The third kappa shape index (κ3) is 8.18. The average Bonchev–Trinajstić information content (AvgIpc) is 3.45. The van der Waals surface area contributed by atoms with Crippen LogP contribution in [0, 0.1) is 11.3 Å². The number of hydrogen-bond donors (Lipinski definition) is 1. The number of nitriles is 1. The number of likely N-dealkylation sites (tertiary alicyclic amines) is 1. The number of para-hydroxylation sites is 1. The second-order valence-corrected chi connectivity index (χ2v) is 9.64. The molecule has 41 heavy (non-hydrogen) atoms. The zero-order chi connectivity index (χ0) is 29.6. The maximum absolute atomic E-state index is 13.8. The summed E-state index contributed by atoms with van der Waals surface area (Å²) in [5, 5.41) is 12.6. The summed E-state index contributed by atoms with van der Waals surface area (Å²) in [6.45, 7) is 11.9. The Labute approximate surface area is 245 Å². The minimum absolute atomic E-state index is 0.103. The predicted octanol–water partition coefficient (Wildman–Crippen LogP) is 5.33. The molecule has 3 aromatic carbocycles. The largest absolute Gasteiger partial charge is 0.367 e. The smallest absolute Gasteiger partial charge is 0.251 e. The molecule has 216 valence electrons. The van der Waals surface area contributed by atoms with Crippen LogP contribution in [0.4, 0.5) is 5.69 Å². The maximum Gasteiger partial charge on any atom is 0.251 e. The molecule has 3 aromatic rings. The summed E-state index contributed by atoms with van der Waals surface area (Å²) in [6, 6.07) is 28.8. The topological polar surface area (TPSA) is 79.7 Å². The molecule has 0 radical (unpaired) electrons. The Bertz CT molecular complexity index is 1270. The van der Waals surface area contributed by atoms with Crippen LogP contribution in [0.5, 0.6) is 0 Å². The summed E-state index contributed by atoms with van der Waals surface area (Å²) in [6.07, 6.45) is 0.585. The van der Waals surface area contributed by atoms with Crippen LogP contribution < -0.4 is 10.2 Å². The van der Waals surface area contributed by atoms with Gasteiger partial charge in [0.05, 0.1) is 17.3 Å². The van der Waals surface area contributed by atoms with Gasteiger partial charge in [-0.2, -0.15) is 5.26 Å². The van der Waals surface area contributed by atoms with Crippen LogP contribution in [0.1, 0.15) is 55.6 Å². The zero-order valence-electron chi connectivity index (χ0n) is 24.8. The van der Waals surface area contributed by atoms with Gasteiger partial charge in [0.1, 0.15) is 6.07 Å². The van der Waals surface area contributed by atoms with Gasteiger partial charge in [-0.25, -0.2) is 0 Å². The van der Waals surface area contributed by atoms with Gasteiger partial charge in [0.25, 0.3) is 5.91 Å². The molecule has 0 spiro atoms. The zero-order valence-corrected chi connectivity index (χ0v) is 24.8. The summed E-state index contributed by atoms with van der Waals surface area (Å²) in [7, 11) is 0. The van der Waals surface area contributed by atoms with E-state index in [1.165, 1.54) is 0 Å². The van der Waals surface area contributed by atoms with E-state index in [1.54, 1.807) is 12.1 Å². The number of carbonyl (C=O) groups is 2.